The van der Waals surface area contributed by atoms with Crippen molar-refractivity contribution in [2.75, 3.05) is 0 Å². The molecule has 18 heavy (non-hydrogen) atoms. The number of pyridine rings is 1. The first kappa shape index (κ1) is 13.2. The second kappa shape index (κ2) is 6.07. The van der Waals surface area contributed by atoms with E-state index in [0.717, 1.165) is 5.56 Å². The lowest BCUT2D eigenvalue weighted by molar-refractivity contribution is 0.571. The maximum absolute atomic E-state index is 13.1. The van der Waals surface area contributed by atoms with Crippen LogP contribution in [0.25, 0.3) is 0 Å². The van der Waals surface area contributed by atoms with Crippen LogP contribution in [0.3, 0.4) is 0 Å². The van der Waals surface area contributed by atoms with Crippen LogP contribution in [0.2, 0.25) is 0 Å². The van der Waals surface area contributed by atoms with Gasteiger partial charge in [-0.15, -0.1) is 0 Å². The number of rotatable bonds is 4. The maximum atomic E-state index is 13.1. The first-order valence-electron chi connectivity index (χ1n) is 5.74. The zero-order chi connectivity index (χ0) is 13.0. The van der Waals surface area contributed by atoms with E-state index in [1.165, 1.54) is 11.6 Å². The summed E-state index contributed by atoms with van der Waals surface area (Å²) in [4.78, 5) is 3.99. The van der Waals surface area contributed by atoms with Gasteiger partial charge in [0.2, 0.25) is 0 Å². The molecule has 0 fully saturated rings. The molecule has 1 N–H and O–H groups in total. The van der Waals surface area contributed by atoms with Gasteiger partial charge in [-0.2, -0.15) is 0 Å². The summed E-state index contributed by atoms with van der Waals surface area (Å²) in [5.41, 5.74) is 2.23. The van der Waals surface area contributed by atoms with Crippen LogP contribution < -0.4 is 5.32 Å². The highest BCUT2D eigenvalue weighted by molar-refractivity contribution is 9.10. The van der Waals surface area contributed by atoms with Crippen LogP contribution in [0, 0.1) is 5.82 Å². The molecule has 0 amide bonds. The van der Waals surface area contributed by atoms with Gasteiger partial charge >= 0.3 is 0 Å². The number of hydrogen-bond donors (Lipinski definition) is 1. The molecular weight excluding hydrogens is 295 g/mol. The largest absolute Gasteiger partial charge is 0.306 e. The Bertz CT molecular complexity index is 516. The average molecular weight is 309 g/mol. The van der Waals surface area contributed by atoms with E-state index in [2.05, 4.69) is 33.2 Å². The molecule has 1 aromatic carbocycles. The topological polar surface area (TPSA) is 24.9 Å². The number of hydrogen-bond acceptors (Lipinski definition) is 2. The quantitative estimate of drug-likeness (QED) is 0.928. The number of aromatic nitrogens is 1. The van der Waals surface area contributed by atoms with Crippen LogP contribution in [0.15, 0.2) is 47.2 Å². The van der Waals surface area contributed by atoms with Crippen molar-refractivity contribution >= 4 is 15.9 Å². The van der Waals surface area contributed by atoms with E-state index in [0.29, 0.717) is 11.0 Å². The van der Waals surface area contributed by atoms with Gasteiger partial charge in [-0.25, -0.2) is 4.39 Å². The summed E-state index contributed by atoms with van der Waals surface area (Å²) >= 11 is 3.19. The molecule has 0 aliphatic rings. The monoisotopic (exact) mass is 308 g/mol. The Balaban J connectivity index is 1.97. The van der Waals surface area contributed by atoms with Crippen LogP contribution >= 0.6 is 15.9 Å². The summed E-state index contributed by atoms with van der Waals surface area (Å²) in [6.07, 6.45) is 3.56. The smallest absolute Gasteiger partial charge is 0.137 e. The summed E-state index contributed by atoms with van der Waals surface area (Å²) in [7, 11) is 0. The predicted octanol–water partition coefficient (Wildman–Crippen LogP) is 3.83. The zero-order valence-corrected chi connectivity index (χ0v) is 11.6. The van der Waals surface area contributed by atoms with E-state index in [9.17, 15) is 4.39 Å². The van der Waals surface area contributed by atoms with Crippen molar-refractivity contribution in [1.29, 1.82) is 0 Å². The van der Waals surface area contributed by atoms with Crippen molar-refractivity contribution in [1.82, 2.24) is 10.3 Å². The molecule has 0 aliphatic heterocycles. The molecule has 4 heteroatoms. The van der Waals surface area contributed by atoms with Crippen molar-refractivity contribution in [2.45, 2.75) is 19.5 Å². The normalized spacial score (nSPS) is 12.4. The molecule has 0 spiro atoms. The molecule has 2 nitrogen and oxygen atoms in total. The van der Waals surface area contributed by atoms with Crippen LogP contribution in [-0.2, 0) is 6.54 Å². The van der Waals surface area contributed by atoms with Gasteiger partial charge in [-0.05, 0) is 58.2 Å². The van der Waals surface area contributed by atoms with Crippen molar-refractivity contribution in [3.8, 4) is 0 Å². The molecule has 0 aliphatic carbocycles. The van der Waals surface area contributed by atoms with Gasteiger partial charge in [0.1, 0.15) is 5.82 Å². The van der Waals surface area contributed by atoms with Gasteiger partial charge in [0.05, 0.1) is 4.47 Å². The minimum absolute atomic E-state index is 0.233. The number of nitrogens with one attached hydrogen (secondary N) is 1. The Kier molecular flexibility index (Phi) is 4.44. The van der Waals surface area contributed by atoms with E-state index in [1.54, 1.807) is 24.5 Å². The lowest BCUT2D eigenvalue weighted by atomic mass is 10.1. The minimum atomic E-state index is -0.235. The molecule has 94 valence electrons. The summed E-state index contributed by atoms with van der Waals surface area (Å²) in [6, 6.07) is 9.25. The number of halogens is 2. The second-order valence-electron chi connectivity index (χ2n) is 4.13. The third kappa shape index (κ3) is 3.37. The van der Waals surface area contributed by atoms with E-state index >= 15 is 0 Å². The second-order valence-corrected chi connectivity index (χ2v) is 4.99. The van der Waals surface area contributed by atoms with E-state index in [1.807, 2.05) is 12.1 Å². The molecule has 2 aromatic rings. The van der Waals surface area contributed by atoms with E-state index in [-0.39, 0.29) is 11.9 Å². The Morgan fingerprint density at radius 3 is 2.67 bits per heavy atom. The van der Waals surface area contributed by atoms with Crippen molar-refractivity contribution in [3.05, 3.63) is 64.1 Å². The standard InChI is InChI=1S/C14H14BrFN2/c1-10(12-4-6-17-7-5-12)18-9-11-2-3-14(16)13(15)8-11/h2-8,10,18H,9H2,1H3. The van der Waals surface area contributed by atoms with Crippen LogP contribution in [0.5, 0.6) is 0 Å². The fraction of sp³-hybridized carbons (Fsp3) is 0.214. The fourth-order valence-corrected chi connectivity index (χ4v) is 2.12. The maximum Gasteiger partial charge on any atom is 0.137 e. The molecule has 0 saturated carbocycles. The first-order valence-corrected chi connectivity index (χ1v) is 6.53. The summed E-state index contributed by atoms with van der Waals surface area (Å²) in [6.45, 7) is 2.79. The van der Waals surface area contributed by atoms with Gasteiger partial charge in [-0.3, -0.25) is 4.98 Å². The Labute approximate surface area is 114 Å². The first-order chi connectivity index (χ1) is 8.66. The van der Waals surface area contributed by atoms with Crippen LogP contribution in [-0.4, -0.2) is 4.98 Å². The van der Waals surface area contributed by atoms with Crippen molar-refractivity contribution in [3.63, 3.8) is 0 Å². The van der Waals surface area contributed by atoms with Gasteiger partial charge in [0.15, 0.2) is 0 Å². The molecule has 1 atom stereocenters. The zero-order valence-electron chi connectivity index (χ0n) is 10.0. The van der Waals surface area contributed by atoms with Crippen LogP contribution in [0.1, 0.15) is 24.1 Å². The van der Waals surface area contributed by atoms with Crippen molar-refractivity contribution in [2.24, 2.45) is 0 Å². The van der Waals surface area contributed by atoms with Gasteiger partial charge < -0.3 is 5.32 Å². The summed E-state index contributed by atoms with van der Waals surface area (Å²) in [5.74, 6) is -0.235. The highest BCUT2D eigenvalue weighted by atomic mass is 79.9. The lowest BCUT2D eigenvalue weighted by Crippen LogP contribution is -2.18. The molecule has 1 unspecified atom stereocenters. The Morgan fingerprint density at radius 2 is 2.00 bits per heavy atom. The highest BCUT2D eigenvalue weighted by Crippen LogP contribution is 2.18. The Hall–Kier alpha value is -1.26. The van der Waals surface area contributed by atoms with E-state index in [4.69, 9.17) is 0 Å². The van der Waals surface area contributed by atoms with Gasteiger partial charge in [-0.1, -0.05) is 6.07 Å². The lowest BCUT2D eigenvalue weighted by Gasteiger charge is -2.14. The van der Waals surface area contributed by atoms with Crippen LogP contribution in [0.4, 0.5) is 4.39 Å². The molecule has 0 saturated heterocycles. The fourth-order valence-electron chi connectivity index (χ4n) is 1.69. The molecule has 0 radical (unpaired) electrons. The molecular formula is C14H14BrFN2. The van der Waals surface area contributed by atoms with Gasteiger partial charge in [0, 0.05) is 25.0 Å². The Morgan fingerprint density at radius 1 is 1.28 bits per heavy atom. The average Bonchev–Trinajstić information content (AvgIpc) is 2.41. The molecule has 1 heterocycles. The third-order valence-corrected chi connectivity index (χ3v) is 3.41. The molecule has 2 rings (SSSR count). The third-order valence-electron chi connectivity index (χ3n) is 2.80. The number of benzene rings is 1. The SMILES string of the molecule is CC(NCc1ccc(F)c(Br)c1)c1ccncc1. The summed E-state index contributed by atoms with van der Waals surface area (Å²) < 4.78 is 13.6. The molecule has 0 bridgehead atoms. The summed E-state index contributed by atoms with van der Waals surface area (Å²) in [5, 5.41) is 3.39. The van der Waals surface area contributed by atoms with Gasteiger partial charge in [0.25, 0.3) is 0 Å². The highest BCUT2D eigenvalue weighted by Gasteiger charge is 2.05. The van der Waals surface area contributed by atoms with Crippen molar-refractivity contribution < 1.29 is 4.39 Å². The minimum Gasteiger partial charge on any atom is -0.306 e. The molecule has 1 aromatic heterocycles. The number of nitrogens with zero attached hydrogens (tertiary/aromatic N) is 1. The predicted molar refractivity (Wildman–Crippen MR) is 73.6 cm³/mol. The van der Waals surface area contributed by atoms with E-state index < -0.39 is 0 Å².